The molecule has 11 heavy (non-hydrogen) atoms. The summed E-state index contributed by atoms with van der Waals surface area (Å²) in [5, 5.41) is 0. The Balaban J connectivity index is 4.13. The van der Waals surface area contributed by atoms with E-state index in [2.05, 4.69) is 4.74 Å². The van der Waals surface area contributed by atoms with Gasteiger partial charge in [-0.1, -0.05) is 0 Å². The molecule has 1 nitrogen and oxygen atoms in total. The van der Waals surface area contributed by atoms with Gasteiger partial charge in [-0.3, -0.25) is 0 Å². The zero-order valence-electron chi connectivity index (χ0n) is 7.12. The molecule has 0 aliphatic carbocycles. The Morgan fingerprint density at radius 1 is 1.09 bits per heavy atom. The molecule has 0 N–H and O–H groups in total. The SMILES string of the molecule is CC(C)(C)OC(C)(F)C(F)F. The summed E-state index contributed by atoms with van der Waals surface area (Å²) in [5.41, 5.74) is -0.889. The molecule has 0 aliphatic rings. The lowest BCUT2D eigenvalue weighted by atomic mass is 10.2. The predicted molar refractivity (Wildman–Crippen MR) is 36.4 cm³/mol. The second kappa shape index (κ2) is 3.01. The number of hydrogen-bond donors (Lipinski definition) is 0. The van der Waals surface area contributed by atoms with E-state index in [1.807, 2.05) is 0 Å². The third-order valence-electron chi connectivity index (χ3n) is 0.896. The fraction of sp³-hybridized carbons (Fsp3) is 1.00. The van der Waals surface area contributed by atoms with Gasteiger partial charge in [0.05, 0.1) is 5.60 Å². The minimum absolute atomic E-state index is 0.725. The molecule has 0 heterocycles. The van der Waals surface area contributed by atoms with Gasteiger partial charge < -0.3 is 4.74 Å². The van der Waals surface area contributed by atoms with Crippen LogP contribution in [0.5, 0.6) is 0 Å². The molecule has 0 saturated carbocycles. The summed E-state index contributed by atoms with van der Waals surface area (Å²) in [6.45, 7) is 5.29. The van der Waals surface area contributed by atoms with Crippen LogP contribution in [0.1, 0.15) is 27.7 Å². The first-order valence-corrected chi connectivity index (χ1v) is 3.32. The highest BCUT2D eigenvalue weighted by molar-refractivity contribution is 4.70. The summed E-state index contributed by atoms with van der Waals surface area (Å²) >= 11 is 0. The number of halogens is 3. The van der Waals surface area contributed by atoms with Gasteiger partial charge in [0, 0.05) is 6.92 Å². The molecule has 68 valence electrons. The van der Waals surface area contributed by atoms with Gasteiger partial charge in [0.2, 0.25) is 0 Å². The summed E-state index contributed by atoms with van der Waals surface area (Å²) < 4.78 is 40.9. The summed E-state index contributed by atoms with van der Waals surface area (Å²) in [6.07, 6.45) is -3.11. The maximum absolute atomic E-state index is 12.7. The Bertz CT molecular complexity index is 126. The largest absolute Gasteiger partial charge is 0.336 e. The van der Waals surface area contributed by atoms with Crippen LogP contribution in [0.25, 0.3) is 0 Å². The quantitative estimate of drug-likeness (QED) is 0.619. The van der Waals surface area contributed by atoms with Crippen LogP contribution in [-0.4, -0.2) is 17.9 Å². The Labute approximate surface area is 64.5 Å². The van der Waals surface area contributed by atoms with E-state index in [0.717, 1.165) is 6.92 Å². The average Bonchev–Trinajstić information content (AvgIpc) is 1.56. The summed E-state index contributed by atoms with van der Waals surface area (Å²) in [7, 11) is 0. The fourth-order valence-electron chi connectivity index (χ4n) is 0.643. The molecule has 1 unspecified atom stereocenters. The van der Waals surface area contributed by atoms with Crippen molar-refractivity contribution < 1.29 is 17.9 Å². The van der Waals surface area contributed by atoms with Crippen LogP contribution in [0, 0.1) is 0 Å². The molecule has 0 radical (unpaired) electrons. The van der Waals surface area contributed by atoms with Gasteiger partial charge in [0.25, 0.3) is 12.3 Å². The third kappa shape index (κ3) is 4.24. The van der Waals surface area contributed by atoms with Crippen LogP contribution in [0.3, 0.4) is 0 Å². The van der Waals surface area contributed by atoms with Crippen LogP contribution in [0.2, 0.25) is 0 Å². The maximum atomic E-state index is 12.7. The molecular weight excluding hydrogens is 157 g/mol. The van der Waals surface area contributed by atoms with Crippen molar-refractivity contribution in [3.8, 4) is 0 Å². The lowest BCUT2D eigenvalue weighted by Gasteiger charge is -2.29. The van der Waals surface area contributed by atoms with Gasteiger partial charge in [-0.25, -0.2) is 13.2 Å². The third-order valence-corrected chi connectivity index (χ3v) is 0.896. The Kier molecular flexibility index (Phi) is 2.94. The molecule has 4 heteroatoms. The van der Waals surface area contributed by atoms with E-state index in [1.54, 1.807) is 0 Å². The topological polar surface area (TPSA) is 9.23 Å². The first-order valence-electron chi connectivity index (χ1n) is 3.32. The van der Waals surface area contributed by atoms with E-state index < -0.39 is 17.9 Å². The minimum atomic E-state index is -3.11. The first kappa shape index (κ1) is 10.8. The van der Waals surface area contributed by atoms with E-state index in [-0.39, 0.29) is 0 Å². The van der Waals surface area contributed by atoms with Crippen molar-refractivity contribution in [1.29, 1.82) is 0 Å². The van der Waals surface area contributed by atoms with Gasteiger partial charge in [-0.15, -0.1) is 0 Å². The monoisotopic (exact) mass is 170 g/mol. The lowest BCUT2D eigenvalue weighted by Crippen LogP contribution is -2.39. The van der Waals surface area contributed by atoms with Crippen LogP contribution in [0.4, 0.5) is 13.2 Å². The highest BCUT2D eigenvalue weighted by Gasteiger charge is 2.39. The van der Waals surface area contributed by atoms with E-state index >= 15 is 0 Å². The molecule has 0 aliphatic heterocycles. The van der Waals surface area contributed by atoms with Crippen molar-refractivity contribution in [3.05, 3.63) is 0 Å². The van der Waals surface area contributed by atoms with Crippen LogP contribution >= 0.6 is 0 Å². The molecule has 0 aromatic rings. The van der Waals surface area contributed by atoms with E-state index in [4.69, 9.17) is 0 Å². The van der Waals surface area contributed by atoms with Crippen molar-refractivity contribution in [1.82, 2.24) is 0 Å². The number of alkyl halides is 3. The Hall–Kier alpha value is -0.250. The lowest BCUT2D eigenvalue weighted by molar-refractivity contribution is -0.253. The Morgan fingerprint density at radius 3 is 1.55 bits per heavy atom. The molecule has 0 bridgehead atoms. The van der Waals surface area contributed by atoms with Crippen LogP contribution in [-0.2, 0) is 4.74 Å². The molecule has 0 aromatic heterocycles. The molecule has 0 spiro atoms. The van der Waals surface area contributed by atoms with Crippen molar-refractivity contribution >= 4 is 0 Å². The molecule has 1 atom stereocenters. The molecule has 0 fully saturated rings. The second-order valence-electron chi connectivity index (χ2n) is 3.50. The summed E-state index contributed by atoms with van der Waals surface area (Å²) in [5.74, 6) is -2.85. The van der Waals surface area contributed by atoms with Gasteiger partial charge in [-0.2, -0.15) is 0 Å². The molecule has 0 amide bonds. The summed E-state index contributed by atoms with van der Waals surface area (Å²) in [6, 6.07) is 0. The first-order chi connectivity index (χ1) is 4.65. The van der Waals surface area contributed by atoms with Crippen LogP contribution < -0.4 is 0 Å². The van der Waals surface area contributed by atoms with Crippen molar-refractivity contribution in [2.45, 2.75) is 45.6 Å². The number of ether oxygens (including phenoxy) is 1. The minimum Gasteiger partial charge on any atom is -0.336 e. The molecule has 0 saturated heterocycles. The smallest absolute Gasteiger partial charge is 0.296 e. The molecule has 0 rings (SSSR count). The highest BCUT2D eigenvalue weighted by Crippen LogP contribution is 2.27. The van der Waals surface area contributed by atoms with Crippen molar-refractivity contribution in [2.75, 3.05) is 0 Å². The van der Waals surface area contributed by atoms with Gasteiger partial charge in [0.15, 0.2) is 0 Å². The van der Waals surface area contributed by atoms with Gasteiger partial charge in [0.1, 0.15) is 0 Å². The van der Waals surface area contributed by atoms with E-state index in [1.165, 1.54) is 20.8 Å². The average molecular weight is 170 g/mol. The highest BCUT2D eigenvalue weighted by atomic mass is 19.3. The van der Waals surface area contributed by atoms with Gasteiger partial charge in [-0.05, 0) is 20.8 Å². The molecular formula is C7H13F3O. The van der Waals surface area contributed by atoms with Gasteiger partial charge >= 0.3 is 0 Å². The standard InChI is InChI=1S/C7H13F3O/c1-6(2,3)11-7(4,10)5(8)9/h5H,1-4H3. The number of rotatable bonds is 2. The van der Waals surface area contributed by atoms with Crippen molar-refractivity contribution in [3.63, 3.8) is 0 Å². The zero-order chi connectivity index (χ0) is 9.28. The van der Waals surface area contributed by atoms with E-state index in [9.17, 15) is 13.2 Å². The maximum Gasteiger partial charge on any atom is 0.296 e. The van der Waals surface area contributed by atoms with E-state index in [0.29, 0.717) is 0 Å². The summed E-state index contributed by atoms with van der Waals surface area (Å²) in [4.78, 5) is 0. The number of hydrogen-bond acceptors (Lipinski definition) is 1. The molecule has 0 aromatic carbocycles. The van der Waals surface area contributed by atoms with Crippen molar-refractivity contribution in [2.24, 2.45) is 0 Å². The van der Waals surface area contributed by atoms with Crippen LogP contribution in [0.15, 0.2) is 0 Å². The Morgan fingerprint density at radius 2 is 1.45 bits per heavy atom. The fourth-order valence-corrected chi connectivity index (χ4v) is 0.643. The zero-order valence-corrected chi connectivity index (χ0v) is 7.12. The normalized spacial score (nSPS) is 18.5. The predicted octanol–water partition coefficient (Wildman–Crippen LogP) is 2.75. The second-order valence-corrected chi connectivity index (χ2v) is 3.50.